The predicted molar refractivity (Wildman–Crippen MR) is 62.9 cm³/mol. The maximum Gasteiger partial charge on any atom is 0.412 e. The lowest BCUT2D eigenvalue weighted by Crippen LogP contribution is -2.16. The number of amides is 1. The Labute approximate surface area is 103 Å². The van der Waals surface area contributed by atoms with Crippen molar-refractivity contribution in [2.24, 2.45) is 0 Å². The van der Waals surface area contributed by atoms with E-state index in [4.69, 9.17) is 0 Å². The van der Waals surface area contributed by atoms with Gasteiger partial charge in [-0.05, 0) is 12.1 Å². The first-order valence-corrected chi connectivity index (χ1v) is 5.01. The van der Waals surface area contributed by atoms with Crippen LogP contribution in [0.3, 0.4) is 0 Å². The van der Waals surface area contributed by atoms with E-state index in [2.05, 4.69) is 21.4 Å². The molecule has 1 aromatic carbocycles. The minimum absolute atomic E-state index is 0.00411. The van der Waals surface area contributed by atoms with Crippen LogP contribution in [0.4, 0.5) is 14.9 Å². The zero-order valence-electron chi connectivity index (χ0n) is 9.73. The van der Waals surface area contributed by atoms with Crippen molar-refractivity contribution in [3.05, 3.63) is 42.2 Å². The van der Waals surface area contributed by atoms with Crippen molar-refractivity contribution in [2.45, 2.75) is 0 Å². The van der Waals surface area contributed by atoms with E-state index in [9.17, 15) is 14.0 Å². The number of halogens is 1. The number of rotatable bonds is 4. The number of methoxy groups -OCH3 is 1. The lowest BCUT2D eigenvalue weighted by molar-refractivity contribution is 0.0595. The van der Waals surface area contributed by atoms with Crippen LogP contribution in [-0.4, -0.2) is 25.8 Å². The molecule has 6 heteroatoms. The molecular formula is C12H12FNO4. The van der Waals surface area contributed by atoms with Crippen molar-refractivity contribution >= 4 is 17.7 Å². The van der Waals surface area contributed by atoms with Gasteiger partial charge in [-0.15, -0.1) is 0 Å². The van der Waals surface area contributed by atoms with Gasteiger partial charge in [-0.2, -0.15) is 0 Å². The lowest BCUT2D eigenvalue weighted by atomic mass is 10.2. The van der Waals surface area contributed by atoms with Crippen LogP contribution in [0.25, 0.3) is 0 Å². The van der Waals surface area contributed by atoms with Gasteiger partial charge in [0.15, 0.2) is 5.82 Å². The highest BCUT2D eigenvalue weighted by molar-refractivity contribution is 5.93. The van der Waals surface area contributed by atoms with Gasteiger partial charge in [-0.3, -0.25) is 5.32 Å². The third-order valence-electron chi connectivity index (χ3n) is 1.97. The van der Waals surface area contributed by atoms with Gasteiger partial charge in [0.2, 0.25) is 0 Å². The summed E-state index contributed by atoms with van der Waals surface area (Å²) in [5.74, 6) is -1.70. The molecule has 0 saturated heterocycles. The largest absolute Gasteiger partial charge is 0.465 e. The van der Waals surface area contributed by atoms with Crippen LogP contribution in [-0.2, 0) is 9.47 Å². The minimum atomic E-state index is -0.875. The first-order valence-electron chi connectivity index (χ1n) is 5.01. The molecule has 0 bridgehead atoms. The first kappa shape index (κ1) is 13.7. The van der Waals surface area contributed by atoms with E-state index >= 15 is 0 Å². The molecule has 0 aliphatic carbocycles. The van der Waals surface area contributed by atoms with E-state index in [1.165, 1.54) is 24.3 Å². The Kier molecular flexibility index (Phi) is 4.86. The van der Waals surface area contributed by atoms with Crippen LogP contribution in [0.5, 0.6) is 0 Å². The van der Waals surface area contributed by atoms with Gasteiger partial charge in [-0.25, -0.2) is 14.0 Å². The van der Waals surface area contributed by atoms with E-state index in [0.29, 0.717) is 0 Å². The first-order chi connectivity index (χ1) is 8.60. The van der Waals surface area contributed by atoms with Crippen LogP contribution in [0.2, 0.25) is 0 Å². The molecule has 0 spiro atoms. The number of esters is 1. The molecule has 0 fully saturated rings. The molecule has 0 aliphatic heterocycles. The van der Waals surface area contributed by atoms with Crippen molar-refractivity contribution in [1.29, 1.82) is 0 Å². The number of benzene rings is 1. The van der Waals surface area contributed by atoms with Gasteiger partial charge in [0.05, 0.1) is 18.4 Å². The Bertz CT molecular complexity index is 473. The number of ether oxygens (including phenoxy) is 2. The molecule has 0 aliphatic rings. The summed E-state index contributed by atoms with van der Waals surface area (Å²) < 4.78 is 22.8. The second-order valence-corrected chi connectivity index (χ2v) is 3.17. The molecule has 0 atom stereocenters. The van der Waals surface area contributed by atoms with Crippen LogP contribution >= 0.6 is 0 Å². The molecule has 1 rings (SSSR count). The number of nitrogens with one attached hydrogen (secondary N) is 1. The summed E-state index contributed by atoms with van der Waals surface area (Å²) in [5.41, 5.74) is -0.425. The highest BCUT2D eigenvalue weighted by Gasteiger charge is 2.16. The number of hydrogen-bond donors (Lipinski definition) is 1. The Morgan fingerprint density at radius 1 is 1.50 bits per heavy atom. The van der Waals surface area contributed by atoms with Crippen LogP contribution in [0, 0.1) is 5.82 Å². The van der Waals surface area contributed by atoms with Gasteiger partial charge in [0.25, 0.3) is 0 Å². The molecule has 0 saturated carbocycles. The van der Waals surface area contributed by atoms with Crippen LogP contribution in [0.15, 0.2) is 30.9 Å². The van der Waals surface area contributed by atoms with Gasteiger partial charge >= 0.3 is 12.1 Å². The molecule has 0 unspecified atom stereocenters. The monoisotopic (exact) mass is 253 g/mol. The highest BCUT2D eigenvalue weighted by atomic mass is 19.1. The number of hydrogen-bond acceptors (Lipinski definition) is 4. The fourth-order valence-electron chi connectivity index (χ4n) is 1.18. The quantitative estimate of drug-likeness (QED) is 0.660. The standard InChI is InChI=1S/C12H12FNO4/c1-3-7-18-12(16)14-9-6-4-5-8(10(9)13)11(15)17-2/h3-6H,1,7H2,2H3,(H,14,16). The Hall–Kier alpha value is -2.37. The summed E-state index contributed by atoms with van der Waals surface area (Å²) in [6.07, 6.45) is 0.539. The van der Waals surface area contributed by atoms with Crippen molar-refractivity contribution in [2.75, 3.05) is 19.0 Å². The van der Waals surface area contributed by atoms with E-state index in [1.807, 2.05) is 0 Å². The molecule has 96 valence electrons. The molecule has 1 amide bonds. The Balaban J connectivity index is 2.87. The molecule has 0 radical (unpaired) electrons. The van der Waals surface area contributed by atoms with E-state index in [-0.39, 0.29) is 17.9 Å². The lowest BCUT2D eigenvalue weighted by Gasteiger charge is -2.08. The summed E-state index contributed by atoms with van der Waals surface area (Å²) in [5, 5.41) is 2.17. The second-order valence-electron chi connectivity index (χ2n) is 3.17. The summed E-state index contributed by atoms with van der Waals surface area (Å²) >= 11 is 0. The van der Waals surface area contributed by atoms with Crippen molar-refractivity contribution in [1.82, 2.24) is 0 Å². The Morgan fingerprint density at radius 2 is 2.22 bits per heavy atom. The van der Waals surface area contributed by atoms with E-state index in [0.717, 1.165) is 7.11 Å². The third kappa shape index (κ3) is 3.31. The smallest absolute Gasteiger partial charge is 0.412 e. The number of carbonyl (C=O) groups excluding carboxylic acids is 2. The molecule has 1 N–H and O–H groups in total. The van der Waals surface area contributed by atoms with Crippen LogP contribution < -0.4 is 5.32 Å². The Morgan fingerprint density at radius 3 is 2.83 bits per heavy atom. The molecule has 1 aromatic rings. The van der Waals surface area contributed by atoms with Gasteiger partial charge in [-0.1, -0.05) is 18.7 Å². The summed E-state index contributed by atoms with van der Waals surface area (Å²) in [6, 6.07) is 3.97. The molecule has 0 heterocycles. The topological polar surface area (TPSA) is 64.6 Å². The van der Waals surface area contributed by atoms with Gasteiger partial charge in [0, 0.05) is 0 Å². The zero-order chi connectivity index (χ0) is 13.5. The molecule has 0 aromatic heterocycles. The van der Waals surface area contributed by atoms with Crippen LogP contribution in [0.1, 0.15) is 10.4 Å². The molecular weight excluding hydrogens is 241 g/mol. The summed E-state index contributed by atoms with van der Waals surface area (Å²) in [4.78, 5) is 22.4. The fourth-order valence-corrected chi connectivity index (χ4v) is 1.18. The van der Waals surface area contributed by atoms with Crippen molar-refractivity contribution in [3.8, 4) is 0 Å². The van der Waals surface area contributed by atoms with E-state index < -0.39 is 17.9 Å². The third-order valence-corrected chi connectivity index (χ3v) is 1.97. The minimum Gasteiger partial charge on any atom is -0.465 e. The van der Waals surface area contributed by atoms with Crippen molar-refractivity contribution < 1.29 is 23.5 Å². The maximum absolute atomic E-state index is 13.8. The highest BCUT2D eigenvalue weighted by Crippen LogP contribution is 2.18. The van der Waals surface area contributed by atoms with Gasteiger partial charge in [0.1, 0.15) is 6.61 Å². The molecule has 5 nitrogen and oxygen atoms in total. The average Bonchev–Trinajstić information content (AvgIpc) is 2.38. The predicted octanol–water partition coefficient (Wildman–Crippen LogP) is 2.35. The molecule has 18 heavy (non-hydrogen) atoms. The zero-order valence-corrected chi connectivity index (χ0v) is 9.73. The van der Waals surface area contributed by atoms with Crippen molar-refractivity contribution in [3.63, 3.8) is 0 Å². The normalized spacial score (nSPS) is 9.44. The average molecular weight is 253 g/mol. The fraction of sp³-hybridized carbons (Fsp3) is 0.167. The summed E-state index contributed by atoms with van der Waals surface area (Å²) in [7, 11) is 1.14. The SMILES string of the molecule is C=CCOC(=O)Nc1cccc(C(=O)OC)c1F. The maximum atomic E-state index is 13.8. The van der Waals surface area contributed by atoms with E-state index in [1.54, 1.807) is 0 Å². The number of anilines is 1. The van der Waals surface area contributed by atoms with Gasteiger partial charge < -0.3 is 9.47 Å². The summed E-state index contributed by atoms with van der Waals surface area (Å²) in [6.45, 7) is 3.37. The second kappa shape index (κ2) is 6.39. The number of carbonyl (C=O) groups is 2.